The summed E-state index contributed by atoms with van der Waals surface area (Å²) in [5, 5.41) is 3.97. The number of ether oxygens (including phenoxy) is 1. The van der Waals surface area contributed by atoms with Crippen LogP contribution in [0.25, 0.3) is 0 Å². The first-order valence-corrected chi connectivity index (χ1v) is 8.48. The first kappa shape index (κ1) is 18.3. The summed E-state index contributed by atoms with van der Waals surface area (Å²) in [6.07, 6.45) is 1.52. The number of nitrogens with zero attached hydrogens (tertiary/aromatic N) is 1. The summed E-state index contributed by atoms with van der Waals surface area (Å²) in [7, 11) is 0. The van der Waals surface area contributed by atoms with Gasteiger partial charge >= 0.3 is 0 Å². The Morgan fingerprint density at radius 3 is 2.48 bits per heavy atom. The number of amides is 1. The van der Waals surface area contributed by atoms with E-state index in [9.17, 15) is 9.18 Å². The largest absolute Gasteiger partial charge is 0.488 e. The molecule has 0 bridgehead atoms. The summed E-state index contributed by atoms with van der Waals surface area (Å²) in [5.41, 5.74) is 5.76. The quantitative estimate of drug-likeness (QED) is 0.519. The molecule has 0 aromatic heterocycles. The summed E-state index contributed by atoms with van der Waals surface area (Å²) < 4.78 is 18.8. The molecule has 0 unspecified atom stereocenters. The second-order valence-electron chi connectivity index (χ2n) is 6.02. The molecule has 0 aliphatic heterocycles. The van der Waals surface area contributed by atoms with E-state index >= 15 is 0 Å². The SMILES string of the molecule is Cc1ccc(COc2ccccc2/C=N\NC(=O)c2ccc(F)cc2)cc1. The fourth-order valence-electron chi connectivity index (χ4n) is 2.39. The van der Waals surface area contributed by atoms with Crippen molar-refractivity contribution in [2.75, 3.05) is 0 Å². The molecule has 0 spiro atoms. The van der Waals surface area contributed by atoms with E-state index in [1.165, 1.54) is 36.0 Å². The molecule has 3 rings (SSSR count). The van der Waals surface area contributed by atoms with Gasteiger partial charge in [-0.25, -0.2) is 9.82 Å². The Hall–Kier alpha value is -3.47. The number of hydrogen-bond acceptors (Lipinski definition) is 3. The van der Waals surface area contributed by atoms with Gasteiger partial charge in [0.1, 0.15) is 18.2 Å². The zero-order valence-corrected chi connectivity index (χ0v) is 14.9. The number of para-hydroxylation sites is 1. The number of aryl methyl sites for hydroxylation is 1. The van der Waals surface area contributed by atoms with Gasteiger partial charge in [-0.05, 0) is 48.9 Å². The van der Waals surface area contributed by atoms with Gasteiger partial charge in [-0.15, -0.1) is 0 Å². The van der Waals surface area contributed by atoms with Crippen molar-refractivity contribution in [1.29, 1.82) is 0 Å². The Bertz CT molecular complexity index is 935. The van der Waals surface area contributed by atoms with E-state index in [1.807, 2.05) is 55.5 Å². The smallest absolute Gasteiger partial charge is 0.271 e. The van der Waals surface area contributed by atoms with Crippen molar-refractivity contribution < 1.29 is 13.9 Å². The average molecular weight is 362 g/mol. The van der Waals surface area contributed by atoms with Crippen LogP contribution in [0.1, 0.15) is 27.0 Å². The zero-order valence-electron chi connectivity index (χ0n) is 14.9. The normalized spacial score (nSPS) is 10.7. The molecular formula is C22H19FN2O2. The van der Waals surface area contributed by atoms with E-state index in [0.717, 1.165) is 11.1 Å². The Kier molecular flexibility index (Phi) is 5.94. The maximum absolute atomic E-state index is 12.9. The van der Waals surface area contributed by atoms with Crippen LogP contribution < -0.4 is 10.2 Å². The van der Waals surface area contributed by atoms with Gasteiger partial charge in [0.05, 0.1) is 6.21 Å². The molecule has 4 nitrogen and oxygen atoms in total. The van der Waals surface area contributed by atoms with E-state index in [2.05, 4.69) is 10.5 Å². The van der Waals surface area contributed by atoms with Gasteiger partial charge in [-0.3, -0.25) is 4.79 Å². The van der Waals surface area contributed by atoms with E-state index in [1.54, 1.807) is 0 Å². The van der Waals surface area contributed by atoms with Gasteiger partial charge in [-0.2, -0.15) is 5.10 Å². The topological polar surface area (TPSA) is 50.7 Å². The first-order chi connectivity index (χ1) is 13.1. The minimum absolute atomic E-state index is 0.331. The lowest BCUT2D eigenvalue weighted by Crippen LogP contribution is -2.17. The minimum Gasteiger partial charge on any atom is -0.488 e. The van der Waals surface area contributed by atoms with Gasteiger partial charge in [0.2, 0.25) is 0 Å². The van der Waals surface area contributed by atoms with Crippen molar-refractivity contribution in [2.45, 2.75) is 13.5 Å². The third-order valence-electron chi connectivity index (χ3n) is 3.91. The standard InChI is InChI=1S/C22H19FN2O2/c1-16-6-8-17(9-7-16)15-27-21-5-3-2-4-19(21)14-24-25-22(26)18-10-12-20(23)13-11-18/h2-14H,15H2,1H3,(H,25,26)/b24-14-. The molecule has 1 amide bonds. The molecule has 0 aliphatic rings. The lowest BCUT2D eigenvalue weighted by molar-refractivity contribution is 0.0955. The van der Waals surface area contributed by atoms with Crippen LogP contribution >= 0.6 is 0 Å². The fraction of sp³-hybridized carbons (Fsp3) is 0.0909. The number of hydrazone groups is 1. The van der Waals surface area contributed by atoms with E-state index < -0.39 is 11.7 Å². The predicted molar refractivity (Wildman–Crippen MR) is 103 cm³/mol. The summed E-state index contributed by atoms with van der Waals surface area (Å²) in [4.78, 5) is 12.0. The molecule has 1 N–H and O–H groups in total. The third-order valence-corrected chi connectivity index (χ3v) is 3.91. The maximum Gasteiger partial charge on any atom is 0.271 e. The van der Waals surface area contributed by atoms with Crippen LogP contribution in [0.15, 0.2) is 77.9 Å². The number of benzene rings is 3. The maximum atomic E-state index is 12.9. The third kappa shape index (κ3) is 5.25. The van der Waals surface area contributed by atoms with Crippen LogP contribution in [0.5, 0.6) is 5.75 Å². The first-order valence-electron chi connectivity index (χ1n) is 8.48. The highest BCUT2D eigenvalue weighted by molar-refractivity contribution is 5.95. The highest BCUT2D eigenvalue weighted by Gasteiger charge is 2.05. The second-order valence-corrected chi connectivity index (χ2v) is 6.02. The van der Waals surface area contributed by atoms with Gasteiger partial charge in [0.15, 0.2) is 0 Å². The summed E-state index contributed by atoms with van der Waals surface area (Å²) in [5.74, 6) is -0.142. The summed E-state index contributed by atoms with van der Waals surface area (Å²) in [6, 6.07) is 20.8. The van der Waals surface area contributed by atoms with Gasteiger partial charge in [0.25, 0.3) is 5.91 Å². The number of hydrogen-bond donors (Lipinski definition) is 1. The molecular weight excluding hydrogens is 343 g/mol. The predicted octanol–water partition coefficient (Wildman–Crippen LogP) is 4.48. The molecule has 0 radical (unpaired) electrons. The van der Waals surface area contributed by atoms with Crippen LogP contribution in [0, 0.1) is 12.7 Å². The van der Waals surface area contributed by atoms with Crippen LogP contribution in [0.4, 0.5) is 4.39 Å². The minimum atomic E-state index is -0.413. The summed E-state index contributed by atoms with van der Waals surface area (Å²) >= 11 is 0. The van der Waals surface area contributed by atoms with Crippen molar-refractivity contribution in [3.8, 4) is 5.75 Å². The fourth-order valence-corrected chi connectivity index (χ4v) is 2.39. The monoisotopic (exact) mass is 362 g/mol. The Balaban J connectivity index is 1.62. The number of rotatable bonds is 6. The highest BCUT2D eigenvalue weighted by Crippen LogP contribution is 2.18. The molecule has 0 fully saturated rings. The lowest BCUT2D eigenvalue weighted by atomic mass is 10.1. The molecule has 27 heavy (non-hydrogen) atoms. The van der Waals surface area contributed by atoms with E-state index in [0.29, 0.717) is 17.9 Å². The summed E-state index contributed by atoms with van der Waals surface area (Å²) in [6.45, 7) is 2.48. The molecule has 0 heterocycles. The number of halogens is 1. The van der Waals surface area contributed by atoms with Crippen LogP contribution in [-0.2, 0) is 6.61 Å². The molecule has 3 aromatic carbocycles. The van der Waals surface area contributed by atoms with Crippen LogP contribution in [-0.4, -0.2) is 12.1 Å². The van der Waals surface area contributed by atoms with Gasteiger partial charge < -0.3 is 4.74 Å². The van der Waals surface area contributed by atoms with E-state index in [4.69, 9.17) is 4.74 Å². The molecule has 0 saturated heterocycles. The Morgan fingerprint density at radius 2 is 1.74 bits per heavy atom. The molecule has 0 atom stereocenters. The van der Waals surface area contributed by atoms with Crippen molar-refractivity contribution in [2.24, 2.45) is 5.10 Å². The second kappa shape index (κ2) is 8.76. The van der Waals surface area contributed by atoms with Crippen molar-refractivity contribution in [3.63, 3.8) is 0 Å². The Labute approximate surface area is 157 Å². The zero-order chi connectivity index (χ0) is 19.1. The van der Waals surface area contributed by atoms with Crippen LogP contribution in [0.3, 0.4) is 0 Å². The molecule has 0 saturated carbocycles. The lowest BCUT2D eigenvalue weighted by Gasteiger charge is -2.09. The average Bonchev–Trinajstić information content (AvgIpc) is 2.69. The number of nitrogens with one attached hydrogen (secondary N) is 1. The van der Waals surface area contributed by atoms with Crippen LogP contribution in [0.2, 0.25) is 0 Å². The Morgan fingerprint density at radius 1 is 1.04 bits per heavy atom. The highest BCUT2D eigenvalue weighted by atomic mass is 19.1. The van der Waals surface area contributed by atoms with Gasteiger partial charge in [-0.1, -0.05) is 42.0 Å². The van der Waals surface area contributed by atoms with E-state index in [-0.39, 0.29) is 0 Å². The molecule has 3 aromatic rings. The number of carbonyl (C=O) groups is 1. The van der Waals surface area contributed by atoms with Crippen molar-refractivity contribution in [3.05, 3.63) is 101 Å². The van der Waals surface area contributed by atoms with Gasteiger partial charge in [0, 0.05) is 11.1 Å². The molecule has 136 valence electrons. The molecule has 5 heteroatoms. The number of carbonyl (C=O) groups excluding carboxylic acids is 1. The molecule has 0 aliphatic carbocycles. The van der Waals surface area contributed by atoms with Crippen molar-refractivity contribution in [1.82, 2.24) is 5.43 Å². The van der Waals surface area contributed by atoms with Crippen molar-refractivity contribution >= 4 is 12.1 Å².